The molecule has 1 atom stereocenters. The zero-order chi connectivity index (χ0) is 10.3. The van der Waals surface area contributed by atoms with E-state index in [-0.39, 0.29) is 11.8 Å². The Kier molecular flexibility index (Phi) is 6.51. The van der Waals surface area contributed by atoms with Crippen LogP contribution in [0, 0.1) is 0 Å². The van der Waals surface area contributed by atoms with Crippen LogP contribution in [0.5, 0.6) is 0 Å². The Morgan fingerprint density at radius 3 is 2.54 bits per heavy atom. The Morgan fingerprint density at radius 1 is 1.46 bits per heavy atom. The van der Waals surface area contributed by atoms with Crippen LogP contribution in [0.25, 0.3) is 0 Å². The van der Waals surface area contributed by atoms with Crippen LogP contribution in [0.2, 0.25) is 0 Å². The molecule has 2 N–H and O–H groups in total. The molecule has 0 aliphatic heterocycles. The lowest BCUT2D eigenvalue weighted by Crippen LogP contribution is -2.30. The number of allylic oxidation sites excluding steroid dienone is 1. The van der Waals surface area contributed by atoms with Gasteiger partial charge in [-0.1, -0.05) is 25.3 Å². The second-order valence-electron chi connectivity index (χ2n) is 3.67. The molecular weight excluding hydrogens is 162 g/mol. The lowest BCUT2D eigenvalue weighted by Gasteiger charge is -2.09. The van der Waals surface area contributed by atoms with Gasteiger partial charge in [-0.25, -0.2) is 0 Å². The van der Waals surface area contributed by atoms with Crippen LogP contribution in [0.15, 0.2) is 12.2 Å². The minimum absolute atomic E-state index is 0.177. The van der Waals surface area contributed by atoms with Crippen molar-refractivity contribution in [3.8, 4) is 0 Å². The van der Waals surface area contributed by atoms with Gasteiger partial charge >= 0.3 is 0 Å². The lowest BCUT2D eigenvalue weighted by molar-refractivity contribution is -0.120. The molecule has 0 saturated carbocycles. The number of carbonyl (C=O) groups excluding carboxylic acids is 1. The van der Waals surface area contributed by atoms with Crippen molar-refractivity contribution in [3.05, 3.63) is 12.2 Å². The smallest absolute Gasteiger partial charge is 0.149 e. The maximum absolute atomic E-state index is 11.4. The summed E-state index contributed by atoms with van der Waals surface area (Å²) in [6.07, 6.45) is 4.30. The summed E-state index contributed by atoms with van der Waals surface area (Å²) in [6.45, 7) is 7.79. The molecule has 0 saturated heterocycles. The highest BCUT2D eigenvalue weighted by Crippen LogP contribution is 2.06. The van der Waals surface area contributed by atoms with Gasteiger partial charge in [-0.15, -0.1) is 6.58 Å². The number of nitrogens with two attached hydrogens (primary N) is 1. The molecule has 0 aromatic rings. The highest BCUT2D eigenvalue weighted by Gasteiger charge is 2.11. The van der Waals surface area contributed by atoms with Crippen molar-refractivity contribution in [1.82, 2.24) is 0 Å². The summed E-state index contributed by atoms with van der Waals surface area (Å²) in [5, 5.41) is 0. The highest BCUT2D eigenvalue weighted by atomic mass is 16.1. The van der Waals surface area contributed by atoms with Crippen molar-refractivity contribution in [2.45, 2.75) is 52.0 Å². The molecule has 1 unspecified atom stereocenters. The summed E-state index contributed by atoms with van der Waals surface area (Å²) in [6, 6.07) is -0.251. The third-order valence-electron chi connectivity index (χ3n) is 2.08. The summed E-state index contributed by atoms with van der Waals surface area (Å²) >= 11 is 0. The molecule has 0 fully saturated rings. The number of Topliss-reactive ketones (excluding diaryl/α,β-unsaturated/α-hetero) is 1. The zero-order valence-corrected chi connectivity index (χ0v) is 8.81. The molecule has 0 aromatic carbocycles. The van der Waals surface area contributed by atoms with Crippen LogP contribution in [0.1, 0.15) is 46.0 Å². The maximum Gasteiger partial charge on any atom is 0.149 e. The van der Waals surface area contributed by atoms with Gasteiger partial charge in [-0.2, -0.15) is 0 Å². The Bertz CT molecular complexity index is 175. The minimum Gasteiger partial charge on any atom is -0.322 e. The van der Waals surface area contributed by atoms with Crippen LogP contribution in [0.3, 0.4) is 0 Å². The van der Waals surface area contributed by atoms with E-state index in [1.54, 1.807) is 0 Å². The van der Waals surface area contributed by atoms with Crippen molar-refractivity contribution in [2.24, 2.45) is 5.73 Å². The van der Waals surface area contributed by atoms with Crippen LogP contribution < -0.4 is 5.73 Å². The molecule has 2 heteroatoms. The van der Waals surface area contributed by atoms with Gasteiger partial charge in [0.25, 0.3) is 0 Å². The van der Waals surface area contributed by atoms with E-state index in [1.807, 2.05) is 6.92 Å². The largest absolute Gasteiger partial charge is 0.322 e. The topological polar surface area (TPSA) is 43.1 Å². The first-order valence-electron chi connectivity index (χ1n) is 5.00. The molecule has 2 nitrogen and oxygen atoms in total. The van der Waals surface area contributed by atoms with Crippen molar-refractivity contribution in [1.29, 1.82) is 0 Å². The van der Waals surface area contributed by atoms with Gasteiger partial charge in [0.05, 0.1) is 6.04 Å². The predicted octanol–water partition coefficient (Wildman–Crippen LogP) is 2.43. The quantitative estimate of drug-likeness (QED) is 0.616. The first kappa shape index (κ1) is 12.4. The first-order chi connectivity index (χ1) is 6.07. The molecule has 0 aliphatic rings. The first-order valence-corrected chi connectivity index (χ1v) is 5.00. The van der Waals surface area contributed by atoms with E-state index in [0.717, 1.165) is 31.3 Å². The molecule has 76 valence electrons. The molecule has 0 bridgehead atoms. The molecule has 0 heterocycles. The summed E-state index contributed by atoms with van der Waals surface area (Å²) in [7, 11) is 0. The average molecular weight is 183 g/mol. The number of rotatable bonds is 7. The fraction of sp³-hybridized carbons (Fsp3) is 0.727. The van der Waals surface area contributed by atoms with Crippen LogP contribution in [-0.2, 0) is 4.79 Å². The maximum atomic E-state index is 11.4. The van der Waals surface area contributed by atoms with Gasteiger partial charge in [-0.3, -0.25) is 4.79 Å². The van der Waals surface area contributed by atoms with Crippen LogP contribution in [0.4, 0.5) is 0 Å². The third-order valence-corrected chi connectivity index (χ3v) is 2.08. The summed E-state index contributed by atoms with van der Waals surface area (Å²) in [5.41, 5.74) is 6.76. The summed E-state index contributed by atoms with van der Waals surface area (Å²) < 4.78 is 0. The average Bonchev–Trinajstić information content (AvgIpc) is 2.10. The molecule has 0 spiro atoms. The van der Waals surface area contributed by atoms with Gasteiger partial charge < -0.3 is 5.73 Å². The third kappa shape index (κ3) is 6.52. The molecule has 0 aromatic heterocycles. The fourth-order valence-electron chi connectivity index (χ4n) is 1.11. The second-order valence-corrected chi connectivity index (χ2v) is 3.67. The van der Waals surface area contributed by atoms with Gasteiger partial charge in [0.15, 0.2) is 0 Å². The van der Waals surface area contributed by atoms with Crippen LogP contribution in [-0.4, -0.2) is 11.8 Å². The summed E-state index contributed by atoms with van der Waals surface area (Å²) in [4.78, 5) is 11.4. The summed E-state index contributed by atoms with van der Waals surface area (Å²) in [5.74, 6) is 0.177. The van der Waals surface area contributed by atoms with Gasteiger partial charge in [-0.05, 0) is 19.8 Å². The number of ketones is 1. The molecule has 13 heavy (non-hydrogen) atoms. The van der Waals surface area contributed by atoms with Crippen molar-refractivity contribution < 1.29 is 4.79 Å². The van der Waals surface area contributed by atoms with Crippen LogP contribution >= 0.6 is 0 Å². The molecule has 0 radical (unpaired) electrons. The van der Waals surface area contributed by atoms with E-state index in [1.165, 1.54) is 0 Å². The van der Waals surface area contributed by atoms with E-state index in [2.05, 4.69) is 13.5 Å². The standard InChI is InChI=1S/C11H21NO/c1-4-5-6-10(12)11(13)8-7-9(2)3/h10H,2,4-8,12H2,1,3H3. The van der Waals surface area contributed by atoms with Gasteiger partial charge in [0.2, 0.25) is 0 Å². The normalized spacial score (nSPS) is 12.5. The fourth-order valence-corrected chi connectivity index (χ4v) is 1.11. The lowest BCUT2D eigenvalue weighted by atomic mass is 10.0. The minimum atomic E-state index is -0.251. The Morgan fingerprint density at radius 2 is 2.08 bits per heavy atom. The van der Waals surface area contributed by atoms with E-state index < -0.39 is 0 Å². The molecule has 0 aliphatic carbocycles. The van der Waals surface area contributed by atoms with Crippen molar-refractivity contribution >= 4 is 5.78 Å². The Hall–Kier alpha value is -0.630. The van der Waals surface area contributed by atoms with Gasteiger partial charge in [0, 0.05) is 6.42 Å². The monoisotopic (exact) mass is 183 g/mol. The van der Waals surface area contributed by atoms with Crippen molar-refractivity contribution in [3.63, 3.8) is 0 Å². The SMILES string of the molecule is C=C(C)CCC(=O)C(N)CCCC. The van der Waals surface area contributed by atoms with Gasteiger partial charge in [0.1, 0.15) is 5.78 Å². The van der Waals surface area contributed by atoms with E-state index in [9.17, 15) is 4.79 Å². The highest BCUT2D eigenvalue weighted by molar-refractivity contribution is 5.83. The molecule has 0 amide bonds. The number of hydrogen-bond donors (Lipinski definition) is 1. The number of hydrogen-bond acceptors (Lipinski definition) is 2. The van der Waals surface area contributed by atoms with Crippen molar-refractivity contribution in [2.75, 3.05) is 0 Å². The second kappa shape index (κ2) is 6.84. The Labute approximate surface area is 81.2 Å². The zero-order valence-electron chi connectivity index (χ0n) is 8.81. The van der Waals surface area contributed by atoms with E-state index in [0.29, 0.717) is 6.42 Å². The predicted molar refractivity (Wildman–Crippen MR) is 56.6 cm³/mol. The van der Waals surface area contributed by atoms with E-state index >= 15 is 0 Å². The number of unbranched alkanes of at least 4 members (excludes halogenated alkanes) is 1. The number of carbonyl (C=O) groups is 1. The molecular formula is C11H21NO. The van der Waals surface area contributed by atoms with E-state index in [4.69, 9.17) is 5.73 Å². The Balaban J connectivity index is 3.63. The molecule has 0 rings (SSSR count).